The highest BCUT2D eigenvalue weighted by molar-refractivity contribution is 7.17. The summed E-state index contributed by atoms with van der Waals surface area (Å²) in [6, 6.07) is 3.85. The zero-order valence-corrected chi connectivity index (χ0v) is 7.88. The van der Waals surface area contributed by atoms with Crippen molar-refractivity contribution in [3.63, 3.8) is 0 Å². The predicted molar refractivity (Wildman–Crippen MR) is 53.6 cm³/mol. The van der Waals surface area contributed by atoms with Crippen LogP contribution in [0.3, 0.4) is 0 Å². The van der Waals surface area contributed by atoms with E-state index in [0.717, 1.165) is 15.8 Å². The Morgan fingerprint density at radius 1 is 1.62 bits per heavy atom. The van der Waals surface area contributed by atoms with E-state index >= 15 is 0 Å². The average Bonchev–Trinajstić information content (AvgIpc) is 2.60. The summed E-state index contributed by atoms with van der Waals surface area (Å²) >= 11 is 1.55. The molecule has 3 nitrogen and oxygen atoms in total. The van der Waals surface area contributed by atoms with Crippen molar-refractivity contribution < 1.29 is 5.21 Å². The van der Waals surface area contributed by atoms with Crippen LogP contribution >= 0.6 is 11.3 Å². The second-order valence-corrected chi connectivity index (χ2v) is 3.55. The molecule has 2 aromatic rings. The highest BCUT2D eigenvalue weighted by atomic mass is 32.1. The standard InChI is InChI=1S/C9H8N2OS/c1-6(11-12)8-5-13-9-7(8)3-2-4-10-9/h2-5,12H,1H3. The lowest BCUT2D eigenvalue weighted by Crippen LogP contribution is -1.91. The molecule has 0 radical (unpaired) electrons. The van der Waals surface area contributed by atoms with Crippen molar-refractivity contribution in [3.05, 3.63) is 29.3 Å². The van der Waals surface area contributed by atoms with Gasteiger partial charge in [0.2, 0.25) is 0 Å². The van der Waals surface area contributed by atoms with Gasteiger partial charge in [0.25, 0.3) is 0 Å². The lowest BCUT2D eigenvalue weighted by atomic mass is 10.1. The molecule has 0 atom stereocenters. The first-order valence-electron chi connectivity index (χ1n) is 3.84. The summed E-state index contributed by atoms with van der Waals surface area (Å²) in [5, 5.41) is 14.8. The first-order valence-corrected chi connectivity index (χ1v) is 4.72. The highest BCUT2D eigenvalue weighted by Gasteiger charge is 2.06. The molecule has 0 bridgehead atoms. The van der Waals surface area contributed by atoms with Crippen molar-refractivity contribution in [1.82, 2.24) is 4.98 Å². The van der Waals surface area contributed by atoms with Gasteiger partial charge < -0.3 is 5.21 Å². The Hall–Kier alpha value is -1.42. The third-order valence-corrected chi connectivity index (χ3v) is 2.79. The van der Waals surface area contributed by atoms with E-state index in [1.54, 1.807) is 24.5 Å². The molecule has 4 heteroatoms. The Morgan fingerprint density at radius 2 is 2.46 bits per heavy atom. The molecule has 0 fully saturated rings. The normalized spacial score (nSPS) is 12.2. The average molecular weight is 192 g/mol. The molecular formula is C9H8N2OS. The maximum absolute atomic E-state index is 8.64. The molecule has 13 heavy (non-hydrogen) atoms. The van der Waals surface area contributed by atoms with Crippen molar-refractivity contribution in [2.24, 2.45) is 5.16 Å². The summed E-state index contributed by atoms with van der Waals surface area (Å²) in [5.41, 5.74) is 1.58. The van der Waals surface area contributed by atoms with Gasteiger partial charge in [0.15, 0.2) is 0 Å². The number of nitrogens with zero attached hydrogens (tertiary/aromatic N) is 2. The fourth-order valence-corrected chi connectivity index (χ4v) is 2.16. The van der Waals surface area contributed by atoms with Gasteiger partial charge in [0, 0.05) is 22.5 Å². The molecule has 2 aromatic heterocycles. The summed E-state index contributed by atoms with van der Waals surface area (Å²) in [6.45, 7) is 1.77. The van der Waals surface area contributed by atoms with Gasteiger partial charge in [-0.3, -0.25) is 0 Å². The minimum absolute atomic E-state index is 0.624. The first-order chi connectivity index (χ1) is 6.33. The van der Waals surface area contributed by atoms with Crippen LogP contribution in [0.1, 0.15) is 12.5 Å². The van der Waals surface area contributed by atoms with Crippen LogP contribution in [0, 0.1) is 0 Å². The van der Waals surface area contributed by atoms with E-state index in [2.05, 4.69) is 10.1 Å². The first kappa shape index (κ1) is 8.19. The molecule has 66 valence electrons. The monoisotopic (exact) mass is 192 g/mol. The van der Waals surface area contributed by atoms with E-state index in [1.165, 1.54) is 0 Å². The summed E-state index contributed by atoms with van der Waals surface area (Å²) < 4.78 is 0. The van der Waals surface area contributed by atoms with E-state index in [9.17, 15) is 0 Å². The fourth-order valence-electron chi connectivity index (χ4n) is 1.20. The lowest BCUT2D eigenvalue weighted by molar-refractivity contribution is 0.319. The minimum Gasteiger partial charge on any atom is -0.411 e. The Morgan fingerprint density at radius 3 is 3.23 bits per heavy atom. The lowest BCUT2D eigenvalue weighted by Gasteiger charge is -1.93. The van der Waals surface area contributed by atoms with Crippen LogP contribution in [0.15, 0.2) is 28.9 Å². The van der Waals surface area contributed by atoms with Crippen LogP contribution in [0.25, 0.3) is 10.2 Å². The zero-order valence-electron chi connectivity index (χ0n) is 7.06. The largest absolute Gasteiger partial charge is 0.411 e. The summed E-state index contributed by atoms with van der Waals surface area (Å²) in [6.07, 6.45) is 1.76. The molecule has 0 aliphatic rings. The predicted octanol–water partition coefficient (Wildman–Crippen LogP) is 2.49. The second-order valence-electron chi connectivity index (χ2n) is 2.69. The second kappa shape index (κ2) is 3.14. The van der Waals surface area contributed by atoms with Crippen molar-refractivity contribution in [3.8, 4) is 0 Å². The maximum atomic E-state index is 8.64. The van der Waals surface area contributed by atoms with Crippen molar-refractivity contribution >= 4 is 27.3 Å². The fraction of sp³-hybridized carbons (Fsp3) is 0.111. The molecule has 0 saturated heterocycles. The van der Waals surface area contributed by atoms with Gasteiger partial charge >= 0.3 is 0 Å². The number of fused-ring (bicyclic) bond motifs is 1. The van der Waals surface area contributed by atoms with Gasteiger partial charge in [-0.15, -0.1) is 11.3 Å². The van der Waals surface area contributed by atoms with Crippen LogP contribution in [-0.4, -0.2) is 15.9 Å². The number of thiophene rings is 1. The Kier molecular flexibility index (Phi) is 1.98. The van der Waals surface area contributed by atoms with Gasteiger partial charge in [0.05, 0.1) is 5.71 Å². The van der Waals surface area contributed by atoms with Gasteiger partial charge in [-0.05, 0) is 19.1 Å². The number of pyridine rings is 1. The third kappa shape index (κ3) is 1.29. The van der Waals surface area contributed by atoms with Gasteiger partial charge in [-0.25, -0.2) is 4.98 Å². The van der Waals surface area contributed by atoms with Crippen molar-refractivity contribution in [2.45, 2.75) is 6.92 Å². The summed E-state index contributed by atoms with van der Waals surface area (Å²) in [4.78, 5) is 5.17. The molecule has 0 aliphatic heterocycles. The molecule has 0 amide bonds. The van der Waals surface area contributed by atoms with Gasteiger partial charge in [-0.1, -0.05) is 5.16 Å². The van der Waals surface area contributed by atoms with E-state index < -0.39 is 0 Å². The van der Waals surface area contributed by atoms with E-state index in [1.807, 2.05) is 17.5 Å². The van der Waals surface area contributed by atoms with Crippen molar-refractivity contribution in [1.29, 1.82) is 0 Å². The quantitative estimate of drug-likeness (QED) is 0.428. The maximum Gasteiger partial charge on any atom is 0.123 e. The smallest absolute Gasteiger partial charge is 0.123 e. The molecule has 0 aromatic carbocycles. The van der Waals surface area contributed by atoms with E-state index in [0.29, 0.717) is 5.71 Å². The van der Waals surface area contributed by atoms with Crippen LogP contribution in [-0.2, 0) is 0 Å². The summed E-state index contributed by atoms with van der Waals surface area (Å²) in [5.74, 6) is 0. The molecule has 2 heterocycles. The number of hydrogen-bond acceptors (Lipinski definition) is 4. The molecule has 2 rings (SSSR count). The topological polar surface area (TPSA) is 45.5 Å². The molecular weight excluding hydrogens is 184 g/mol. The van der Waals surface area contributed by atoms with Crippen LogP contribution in [0.5, 0.6) is 0 Å². The molecule has 0 aliphatic carbocycles. The Bertz CT molecular complexity index is 461. The van der Waals surface area contributed by atoms with Crippen molar-refractivity contribution in [2.75, 3.05) is 0 Å². The summed E-state index contributed by atoms with van der Waals surface area (Å²) in [7, 11) is 0. The highest BCUT2D eigenvalue weighted by Crippen LogP contribution is 2.23. The van der Waals surface area contributed by atoms with Gasteiger partial charge in [-0.2, -0.15) is 0 Å². The molecule has 0 saturated carbocycles. The third-order valence-electron chi connectivity index (χ3n) is 1.89. The SMILES string of the molecule is CC(=NO)c1csc2ncccc12. The minimum atomic E-state index is 0.624. The molecule has 1 N–H and O–H groups in total. The van der Waals surface area contributed by atoms with Crippen LogP contribution in [0.2, 0.25) is 0 Å². The van der Waals surface area contributed by atoms with E-state index in [4.69, 9.17) is 5.21 Å². The Balaban J connectivity index is 2.71. The number of hydrogen-bond donors (Lipinski definition) is 1. The van der Waals surface area contributed by atoms with Gasteiger partial charge in [0.1, 0.15) is 4.83 Å². The number of oxime groups is 1. The number of rotatable bonds is 1. The molecule has 0 unspecified atom stereocenters. The Labute approximate surface area is 79.3 Å². The van der Waals surface area contributed by atoms with Crippen LogP contribution in [0.4, 0.5) is 0 Å². The van der Waals surface area contributed by atoms with Crippen LogP contribution < -0.4 is 0 Å². The molecule has 0 spiro atoms. The number of aromatic nitrogens is 1. The van der Waals surface area contributed by atoms with E-state index in [-0.39, 0.29) is 0 Å². The zero-order chi connectivity index (χ0) is 9.26.